The van der Waals surface area contributed by atoms with Crippen molar-refractivity contribution < 1.29 is 28.5 Å². The standard InChI is InChI=1S/C25H32N2O6/c1-25(2,3)33-24(29)31-21-16-26-20(14-17-10-12-19(30-4)13-11-17)22(21)32-23(28)27-15-18-8-6-5-7-9-18/h5-13,20-22,26H,14-16H2,1-4H3,(H,27,28)/t20-,21+,22+/m1/s1. The van der Waals surface area contributed by atoms with Gasteiger partial charge >= 0.3 is 12.2 Å². The van der Waals surface area contributed by atoms with Crippen LogP contribution in [0.15, 0.2) is 54.6 Å². The SMILES string of the molecule is COc1ccc(C[C@H]2NC[C@H](OC(=O)OC(C)(C)C)[C@H]2OC(=O)NCc2ccccc2)cc1. The van der Waals surface area contributed by atoms with Crippen LogP contribution < -0.4 is 15.4 Å². The minimum absolute atomic E-state index is 0.242. The normalized spacial score (nSPS) is 20.1. The Bertz CT molecular complexity index is 911. The number of benzene rings is 2. The van der Waals surface area contributed by atoms with Gasteiger partial charge in [-0.15, -0.1) is 0 Å². The highest BCUT2D eigenvalue weighted by molar-refractivity contribution is 5.67. The van der Waals surface area contributed by atoms with E-state index in [0.29, 0.717) is 19.5 Å². The summed E-state index contributed by atoms with van der Waals surface area (Å²) in [7, 11) is 1.62. The predicted octanol–water partition coefficient (Wildman–Crippen LogP) is 3.82. The summed E-state index contributed by atoms with van der Waals surface area (Å²) in [5.41, 5.74) is 1.30. The number of ether oxygens (including phenoxy) is 4. The molecule has 0 aromatic heterocycles. The molecular formula is C25H32N2O6. The minimum atomic E-state index is -0.794. The van der Waals surface area contributed by atoms with Gasteiger partial charge in [-0.3, -0.25) is 0 Å². The van der Waals surface area contributed by atoms with Crippen molar-refractivity contribution in [3.63, 3.8) is 0 Å². The molecule has 1 aliphatic rings. The van der Waals surface area contributed by atoms with E-state index in [1.807, 2.05) is 54.6 Å². The van der Waals surface area contributed by atoms with E-state index in [1.165, 1.54) is 0 Å². The number of hydrogen-bond donors (Lipinski definition) is 2. The van der Waals surface area contributed by atoms with Gasteiger partial charge in [-0.05, 0) is 50.5 Å². The Morgan fingerprint density at radius 1 is 1.00 bits per heavy atom. The molecule has 0 unspecified atom stereocenters. The second kappa shape index (κ2) is 11.0. The maximum atomic E-state index is 12.6. The molecule has 8 heteroatoms. The Kier molecular flexibility index (Phi) is 8.16. The summed E-state index contributed by atoms with van der Waals surface area (Å²) in [6.45, 7) is 5.97. The summed E-state index contributed by atoms with van der Waals surface area (Å²) >= 11 is 0. The van der Waals surface area contributed by atoms with Crippen LogP contribution in [0.5, 0.6) is 5.75 Å². The van der Waals surface area contributed by atoms with Gasteiger partial charge in [0.25, 0.3) is 0 Å². The second-order valence-corrected chi connectivity index (χ2v) is 8.90. The summed E-state index contributed by atoms with van der Waals surface area (Å²) in [6, 6.07) is 17.0. The summed E-state index contributed by atoms with van der Waals surface area (Å²) < 4.78 is 21.7. The summed E-state index contributed by atoms with van der Waals surface area (Å²) in [5, 5.41) is 6.07. The molecule has 33 heavy (non-hydrogen) atoms. The van der Waals surface area contributed by atoms with E-state index in [0.717, 1.165) is 16.9 Å². The summed E-state index contributed by atoms with van der Waals surface area (Å²) in [5.74, 6) is 0.761. The minimum Gasteiger partial charge on any atom is -0.497 e. The first-order valence-corrected chi connectivity index (χ1v) is 11.0. The van der Waals surface area contributed by atoms with Gasteiger partial charge in [0.15, 0.2) is 12.2 Å². The summed E-state index contributed by atoms with van der Waals surface area (Å²) in [4.78, 5) is 24.8. The molecule has 0 saturated carbocycles. The maximum absolute atomic E-state index is 12.6. The molecule has 3 atom stereocenters. The van der Waals surface area contributed by atoms with Gasteiger partial charge in [-0.2, -0.15) is 0 Å². The Balaban J connectivity index is 1.66. The predicted molar refractivity (Wildman–Crippen MR) is 123 cm³/mol. The fraction of sp³-hybridized carbons (Fsp3) is 0.440. The number of nitrogens with one attached hydrogen (secondary N) is 2. The molecule has 2 aromatic carbocycles. The first-order valence-electron chi connectivity index (χ1n) is 11.0. The number of hydrogen-bond acceptors (Lipinski definition) is 7. The van der Waals surface area contributed by atoms with Gasteiger partial charge in [0.2, 0.25) is 0 Å². The topological polar surface area (TPSA) is 95.1 Å². The lowest BCUT2D eigenvalue weighted by molar-refractivity contribution is -0.0518. The zero-order valence-corrected chi connectivity index (χ0v) is 19.5. The van der Waals surface area contributed by atoms with E-state index < -0.39 is 30.1 Å². The molecular weight excluding hydrogens is 424 g/mol. The van der Waals surface area contributed by atoms with Crippen molar-refractivity contribution in [2.45, 2.75) is 57.6 Å². The molecule has 1 aliphatic heterocycles. The Morgan fingerprint density at radius 3 is 2.33 bits per heavy atom. The molecule has 1 heterocycles. The molecule has 0 radical (unpaired) electrons. The molecule has 8 nitrogen and oxygen atoms in total. The third-order valence-electron chi connectivity index (χ3n) is 5.12. The number of carbonyl (C=O) groups excluding carboxylic acids is 2. The molecule has 178 valence electrons. The molecule has 0 spiro atoms. The zero-order valence-electron chi connectivity index (χ0n) is 19.5. The number of rotatable bonds is 7. The lowest BCUT2D eigenvalue weighted by Gasteiger charge is -2.26. The smallest absolute Gasteiger partial charge is 0.497 e. The molecule has 1 amide bonds. The van der Waals surface area contributed by atoms with E-state index in [-0.39, 0.29) is 6.04 Å². The van der Waals surface area contributed by atoms with E-state index in [2.05, 4.69) is 10.6 Å². The molecule has 3 rings (SSSR count). The van der Waals surface area contributed by atoms with Gasteiger partial charge < -0.3 is 29.6 Å². The van der Waals surface area contributed by atoms with Crippen LogP contribution in [-0.2, 0) is 27.2 Å². The molecule has 1 saturated heterocycles. The second-order valence-electron chi connectivity index (χ2n) is 8.90. The van der Waals surface area contributed by atoms with Crippen LogP contribution in [0.3, 0.4) is 0 Å². The van der Waals surface area contributed by atoms with E-state index in [1.54, 1.807) is 27.9 Å². The largest absolute Gasteiger partial charge is 0.509 e. The fourth-order valence-corrected chi connectivity index (χ4v) is 3.56. The maximum Gasteiger partial charge on any atom is 0.509 e. The van der Waals surface area contributed by atoms with Crippen molar-refractivity contribution in [2.24, 2.45) is 0 Å². The van der Waals surface area contributed by atoms with Gasteiger partial charge in [0, 0.05) is 13.1 Å². The highest BCUT2D eigenvalue weighted by atomic mass is 16.7. The number of amides is 1. The van der Waals surface area contributed by atoms with Gasteiger partial charge in [-0.1, -0.05) is 42.5 Å². The third kappa shape index (κ3) is 7.68. The first kappa shape index (κ1) is 24.4. The first-order chi connectivity index (χ1) is 15.7. The summed E-state index contributed by atoms with van der Waals surface area (Å²) in [6.07, 6.45) is -2.15. The quantitative estimate of drug-likeness (QED) is 0.612. The van der Waals surface area contributed by atoms with Gasteiger partial charge in [0.05, 0.1) is 13.2 Å². The van der Waals surface area contributed by atoms with Gasteiger partial charge in [0.1, 0.15) is 11.4 Å². The Morgan fingerprint density at radius 2 is 1.70 bits per heavy atom. The average molecular weight is 457 g/mol. The Hall–Kier alpha value is -3.26. The van der Waals surface area contributed by atoms with Crippen LogP contribution in [-0.4, -0.2) is 49.8 Å². The van der Waals surface area contributed by atoms with Crippen LogP contribution in [0.4, 0.5) is 9.59 Å². The van der Waals surface area contributed by atoms with Crippen LogP contribution >= 0.6 is 0 Å². The fourth-order valence-electron chi connectivity index (χ4n) is 3.56. The zero-order chi connectivity index (χ0) is 23.8. The number of methoxy groups -OCH3 is 1. The number of alkyl carbamates (subject to hydrolysis) is 1. The van der Waals surface area contributed by atoms with Crippen molar-refractivity contribution in [2.75, 3.05) is 13.7 Å². The molecule has 2 aromatic rings. The van der Waals surface area contributed by atoms with E-state index >= 15 is 0 Å². The van der Waals surface area contributed by atoms with Crippen molar-refractivity contribution in [1.29, 1.82) is 0 Å². The number of carbonyl (C=O) groups is 2. The highest BCUT2D eigenvalue weighted by Crippen LogP contribution is 2.22. The lowest BCUT2D eigenvalue weighted by atomic mass is 10.0. The van der Waals surface area contributed by atoms with E-state index in [4.69, 9.17) is 18.9 Å². The van der Waals surface area contributed by atoms with E-state index in [9.17, 15) is 9.59 Å². The van der Waals surface area contributed by atoms with Crippen molar-refractivity contribution in [3.05, 3.63) is 65.7 Å². The molecule has 0 aliphatic carbocycles. The van der Waals surface area contributed by atoms with Crippen LogP contribution in [0, 0.1) is 0 Å². The van der Waals surface area contributed by atoms with Crippen molar-refractivity contribution >= 4 is 12.2 Å². The lowest BCUT2D eigenvalue weighted by Crippen LogP contribution is -2.43. The molecule has 0 bridgehead atoms. The van der Waals surface area contributed by atoms with Crippen LogP contribution in [0.25, 0.3) is 0 Å². The van der Waals surface area contributed by atoms with Gasteiger partial charge in [-0.25, -0.2) is 9.59 Å². The highest BCUT2D eigenvalue weighted by Gasteiger charge is 2.42. The van der Waals surface area contributed by atoms with Crippen molar-refractivity contribution in [3.8, 4) is 5.75 Å². The van der Waals surface area contributed by atoms with Crippen molar-refractivity contribution in [1.82, 2.24) is 10.6 Å². The van der Waals surface area contributed by atoms with Crippen LogP contribution in [0.2, 0.25) is 0 Å². The average Bonchev–Trinajstić information content (AvgIpc) is 3.12. The third-order valence-corrected chi connectivity index (χ3v) is 5.12. The Labute approximate surface area is 194 Å². The monoisotopic (exact) mass is 456 g/mol. The molecule has 2 N–H and O–H groups in total. The van der Waals surface area contributed by atoms with Crippen LogP contribution in [0.1, 0.15) is 31.9 Å². The molecule has 1 fully saturated rings.